The van der Waals surface area contributed by atoms with E-state index in [-0.39, 0.29) is 30.3 Å². The molecule has 3 aromatic rings. The van der Waals surface area contributed by atoms with Gasteiger partial charge in [-0.3, -0.25) is 9.59 Å². The maximum Gasteiger partial charge on any atom is 0.261 e. The van der Waals surface area contributed by atoms with Gasteiger partial charge in [0, 0.05) is 23.3 Å². The van der Waals surface area contributed by atoms with Gasteiger partial charge < -0.3 is 20.9 Å². The molecule has 0 aliphatic heterocycles. The number of nitrogens with two attached hydrogens (primary N) is 1. The summed E-state index contributed by atoms with van der Waals surface area (Å²) in [4.78, 5) is 25.9. The highest BCUT2D eigenvalue weighted by atomic mass is 35.5. The molecule has 1 aliphatic carbocycles. The number of carbonyl (C=O) groups is 2. The quantitative estimate of drug-likeness (QED) is 0.496. The number of nitrogens with one attached hydrogen (secondary N) is 2. The van der Waals surface area contributed by atoms with Crippen molar-refractivity contribution in [1.29, 1.82) is 0 Å². The number of benzene rings is 2. The van der Waals surface area contributed by atoms with Crippen LogP contribution in [0.3, 0.4) is 0 Å². The number of hydrogen-bond donors (Lipinski definition) is 3. The van der Waals surface area contributed by atoms with Crippen molar-refractivity contribution in [3.8, 4) is 11.3 Å². The van der Waals surface area contributed by atoms with Gasteiger partial charge in [0.2, 0.25) is 5.91 Å². The van der Waals surface area contributed by atoms with Gasteiger partial charge in [0.05, 0.1) is 11.4 Å². The summed E-state index contributed by atoms with van der Waals surface area (Å²) in [6.07, 6.45) is 3.79. The molecule has 1 saturated carbocycles. The maximum absolute atomic E-state index is 13.2. The van der Waals surface area contributed by atoms with Crippen molar-refractivity contribution in [2.24, 2.45) is 5.73 Å². The first-order valence-electron chi connectivity index (χ1n) is 11.1. The van der Waals surface area contributed by atoms with Crippen LogP contribution in [0.1, 0.15) is 47.4 Å². The van der Waals surface area contributed by atoms with Gasteiger partial charge in [-0.25, -0.2) is 0 Å². The molecule has 172 valence electrons. The van der Waals surface area contributed by atoms with Crippen molar-refractivity contribution in [2.75, 3.05) is 5.32 Å². The van der Waals surface area contributed by atoms with E-state index in [0.717, 1.165) is 31.2 Å². The van der Waals surface area contributed by atoms with Gasteiger partial charge in [-0.1, -0.05) is 53.2 Å². The number of anilines is 1. The Hall–Kier alpha value is -3.16. The van der Waals surface area contributed by atoms with E-state index in [0.29, 0.717) is 33.3 Å². The van der Waals surface area contributed by atoms with Crippen molar-refractivity contribution in [2.45, 2.75) is 51.1 Å². The number of aryl methyl sites for hydroxylation is 1. The fourth-order valence-corrected chi connectivity index (χ4v) is 4.40. The molecular formula is C25H27ClN4O3. The Morgan fingerprint density at radius 3 is 2.55 bits per heavy atom. The molecule has 0 unspecified atom stereocenters. The van der Waals surface area contributed by atoms with Crippen molar-refractivity contribution in [3.63, 3.8) is 0 Å². The molecule has 0 saturated heterocycles. The van der Waals surface area contributed by atoms with Crippen LogP contribution < -0.4 is 16.4 Å². The largest absolute Gasteiger partial charge is 0.360 e. The van der Waals surface area contributed by atoms with Gasteiger partial charge in [-0.2, -0.15) is 0 Å². The van der Waals surface area contributed by atoms with Gasteiger partial charge >= 0.3 is 0 Å². The lowest BCUT2D eigenvalue weighted by Gasteiger charge is -2.27. The number of amides is 2. The Labute approximate surface area is 197 Å². The van der Waals surface area contributed by atoms with E-state index in [1.165, 1.54) is 0 Å². The minimum Gasteiger partial charge on any atom is -0.360 e. The smallest absolute Gasteiger partial charge is 0.261 e. The first-order chi connectivity index (χ1) is 15.9. The van der Waals surface area contributed by atoms with Crippen molar-refractivity contribution in [3.05, 3.63) is 70.4 Å². The molecule has 1 fully saturated rings. The molecule has 4 rings (SSSR count). The van der Waals surface area contributed by atoms with Gasteiger partial charge in [0.1, 0.15) is 17.0 Å². The minimum absolute atomic E-state index is 0.0740. The average Bonchev–Trinajstić information content (AvgIpc) is 3.18. The molecule has 4 N–H and O–H groups in total. The summed E-state index contributed by atoms with van der Waals surface area (Å²) in [6, 6.07) is 14.8. The lowest BCUT2D eigenvalue weighted by atomic mass is 9.91. The van der Waals surface area contributed by atoms with Crippen LogP contribution in [-0.2, 0) is 11.2 Å². The van der Waals surface area contributed by atoms with E-state index in [4.69, 9.17) is 21.9 Å². The highest BCUT2D eigenvalue weighted by Gasteiger charge is 2.24. The van der Waals surface area contributed by atoms with Crippen molar-refractivity contribution >= 4 is 29.1 Å². The van der Waals surface area contributed by atoms with Crippen LogP contribution in [0.5, 0.6) is 0 Å². The predicted octanol–water partition coefficient (Wildman–Crippen LogP) is 4.48. The second-order valence-corrected chi connectivity index (χ2v) is 8.82. The third-order valence-corrected chi connectivity index (χ3v) is 6.30. The zero-order valence-corrected chi connectivity index (χ0v) is 19.2. The van der Waals surface area contributed by atoms with Crippen molar-refractivity contribution < 1.29 is 14.1 Å². The van der Waals surface area contributed by atoms with E-state index in [9.17, 15) is 9.59 Å². The second kappa shape index (κ2) is 10.2. The van der Waals surface area contributed by atoms with Crippen LogP contribution in [0.2, 0.25) is 5.02 Å². The maximum atomic E-state index is 13.2. The van der Waals surface area contributed by atoms with Gasteiger partial charge in [0.15, 0.2) is 0 Å². The fraction of sp³-hybridized carbons (Fsp3) is 0.320. The van der Waals surface area contributed by atoms with Crippen LogP contribution in [0.15, 0.2) is 53.1 Å². The average molecular weight is 467 g/mol. The molecule has 1 aromatic heterocycles. The number of rotatable bonds is 6. The Morgan fingerprint density at radius 2 is 1.79 bits per heavy atom. The summed E-state index contributed by atoms with van der Waals surface area (Å²) in [6.45, 7) is 1.68. The van der Waals surface area contributed by atoms with Gasteiger partial charge in [-0.05, 0) is 50.3 Å². The summed E-state index contributed by atoms with van der Waals surface area (Å²) in [5.41, 5.74) is 8.54. The summed E-state index contributed by atoms with van der Waals surface area (Å²) in [5.74, 6) is -0.0685. The lowest BCUT2D eigenvalue weighted by molar-refractivity contribution is -0.121. The molecular weight excluding hydrogens is 440 g/mol. The molecule has 1 heterocycles. The number of carbonyl (C=O) groups excluding carboxylic acids is 2. The highest BCUT2D eigenvalue weighted by molar-refractivity contribution is 6.33. The SMILES string of the molecule is Cc1onc(-c2ccccc2Cl)c1C(=O)Nc1ccccc1CC(=O)NC1CCC(N)CC1. The molecule has 0 radical (unpaired) electrons. The first kappa shape index (κ1) is 23.0. The molecule has 2 aromatic carbocycles. The zero-order chi connectivity index (χ0) is 23.4. The van der Waals surface area contributed by atoms with E-state index >= 15 is 0 Å². The number of hydrogen-bond acceptors (Lipinski definition) is 5. The van der Waals surface area contributed by atoms with Crippen molar-refractivity contribution in [1.82, 2.24) is 10.5 Å². The van der Waals surface area contributed by atoms with Crippen LogP contribution in [0.25, 0.3) is 11.3 Å². The summed E-state index contributed by atoms with van der Waals surface area (Å²) < 4.78 is 5.31. The molecule has 8 heteroatoms. The number of halogens is 1. The number of para-hydroxylation sites is 1. The molecule has 33 heavy (non-hydrogen) atoms. The fourth-order valence-electron chi connectivity index (χ4n) is 4.17. The summed E-state index contributed by atoms with van der Waals surface area (Å²) in [5, 5.41) is 10.5. The van der Waals surface area contributed by atoms with E-state index in [2.05, 4.69) is 15.8 Å². The van der Waals surface area contributed by atoms with Crippen LogP contribution in [0.4, 0.5) is 5.69 Å². The monoisotopic (exact) mass is 466 g/mol. The number of nitrogens with zero attached hydrogens (tertiary/aromatic N) is 1. The van der Waals surface area contributed by atoms with Crippen LogP contribution >= 0.6 is 11.6 Å². The third-order valence-electron chi connectivity index (χ3n) is 5.97. The minimum atomic E-state index is -0.377. The van der Waals surface area contributed by atoms with E-state index in [1.54, 1.807) is 25.1 Å². The summed E-state index contributed by atoms with van der Waals surface area (Å²) >= 11 is 6.31. The molecule has 0 bridgehead atoms. The third kappa shape index (κ3) is 5.43. The standard InChI is InChI=1S/C25H27ClN4O3/c1-15-23(24(30-33-15)19-7-3-4-8-20(19)26)25(32)29-21-9-5-2-6-16(21)14-22(31)28-18-12-10-17(27)11-13-18/h2-9,17-18H,10-14,27H2,1H3,(H,28,31)(H,29,32). The molecule has 0 spiro atoms. The second-order valence-electron chi connectivity index (χ2n) is 8.41. The topological polar surface area (TPSA) is 110 Å². The van der Waals surface area contributed by atoms with E-state index < -0.39 is 0 Å². The Bertz CT molecular complexity index is 1150. The van der Waals surface area contributed by atoms with Gasteiger partial charge in [-0.15, -0.1) is 0 Å². The first-order valence-corrected chi connectivity index (χ1v) is 11.5. The van der Waals surface area contributed by atoms with Crippen LogP contribution in [0, 0.1) is 6.92 Å². The molecule has 0 atom stereocenters. The highest BCUT2D eigenvalue weighted by Crippen LogP contribution is 2.31. The molecule has 2 amide bonds. The zero-order valence-electron chi connectivity index (χ0n) is 18.4. The number of aromatic nitrogens is 1. The van der Waals surface area contributed by atoms with Gasteiger partial charge in [0.25, 0.3) is 5.91 Å². The Balaban J connectivity index is 1.50. The molecule has 1 aliphatic rings. The Kier molecular flexibility index (Phi) is 7.11. The normalized spacial score (nSPS) is 18.0. The molecule has 7 nitrogen and oxygen atoms in total. The van der Waals surface area contributed by atoms with Crippen LogP contribution in [-0.4, -0.2) is 29.1 Å². The Morgan fingerprint density at radius 1 is 1.09 bits per heavy atom. The lowest BCUT2D eigenvalue weighted by Crippen LogP contribution is -2.41. The summed E-state index contributed by atoms with van der Waals surface area (Å²) in [7, 11) is 0. The van der Waals surface area contributed by atoms with E-state index in [1.807, 2.05) is 30.3 Å². The predicted molar refractivity (Wildman–Crippen MR) is 128 cm³/mol.